The van der Waals surface area contributed by atoms with Gasteiger partial charge in [0.15, 0.2) is 0 Å². The zero-order valence-electron chi connectivity index (χ0n) is 11.3. The molecule has 0 bridgehead atoms. The Balaban J connectivity index is 2.04. The van der Waals surface area contributed by atoms with E-state index in [0.29, 0.717) is 24.2 Å². The second-order valence-corrected chi connectivity index (χ2v) is 6.83. The zero-order valence-corrected chi connectivity index (χ0v) is 12.1. The van der Waals surface area contributed by atoms with Crippen LogP contribution in [0.1, 0.15) is 12.0 Å². The van der Waals surface area contributed by atoms with Crippen LogP contribution in [0.2, 0.25) is 0 Å². The molecule has 1 fully saturated rings. The summed E-state index contributed by atoms with van der Waals surface area (Å²) in [5.74, 6) is -0.794. The zero-order chi connectivity index (χ0) is 14.8. The lowest BCUT2D eigenvalue weighted by molar-refractivity contribution is -0.144. The van der Waals surface area contributed by atoms with Gasteiger partial charge in [0.2, 0.25) is 10.0 Å². The minimum atomic E-state index is -3.42. The van der Waals surface area contributed by atoms with Crippen LogP contribution in [-0.2, 0) is 25.3 Å². The highest BCUT2D eigenvalue weighted by molar-refractivity contribution is 7.88. The average Bonchev–Trinajstić information content (AvgIpc) is 2.91. The third-order valence-corrected chi connectivity index (χ3v) is 5.22. The number of rotatable bonds is 4. The number of carbonyl (C=O) groups is 1. The van der Waals surface area contributed by atoms with E-state index in [4.69, 9.17) is 5.73 Å². The van der Waals surface area contributed by atoms with Gasteiger partial charge in [-0.1, -0.05) is 12.1 Å². The first-order valence-corrected chi connectivity index (χ1v) is 7.93. The summed E-state index contributed by atoms with van der Waals surface area (Å²) < 4.78 is 30.6. The van der Waals surface area contributed by atoms with Crippen molar-refractivity contribution < 1.29 is 17.9 Å². The summed E-state index contributed by atoms with van der Waals surface area (Å²) in [6.07, 6.45) is 0.508. The molecular weight excluding hydrogens is 280 g/mol. The number of hydrogen-bond acceptors (Lipinski definition) is 5. The van der Waals surface area contributed by atoms with Crippen LogP contribution in [0, 0.1) is 5.92 Å². The van der Waals surface area contributed by atoms with E-state index in [9.17, 15) is 13.2 Å². The summed E-state index contributed by atoms with van der Waals surface area (Å²) in [5.41, 5.74) is 6.84. The van der Waals surface area contributed by atoms with Crippen molar-refractivity contribution in [3.8, 4) is 0 Å². The van der Waals surface area contributed by atoms with Crippen molar-refractivity contribution in [1.29, 1.82) is 0 Å². The molecular formula is C13H18N2O4S. The van der Waals surface area contributed by atoms with Crippen molar-refractivity contribution in [2.75, 3.05) is 25.9 Å². The molecule has 1 aromatic carbocycles. The summed E-state index contributed by atoms with van der Waals surface area (Å²) in [6.45, 7) is 0.557. The smallest absolute Gasteiger partial charge is 0.310 e. The van der Waals surface area contributed by atoms with Crippen molar-refractivity contribution >= 4 is 21.7 Å². The molecule has 0 aliphatic carbocycles. The van der Waals surface area contributed by atoms with Gasteiger partial charge in [-0.05, 0) is 24.1 Å². The molecule has 0 aromatic heterocycles. The Morgan fingerprint density at radius 1 is 1.40 bits per heavy atom. The Morgan fingerprint density at radius 2 is 2.05 bits per heavy atom. The summed E-state index contributed by atoms with van der Waals surface area (Å²) in [6, 6.07) is 6.74. The molecule has 1 atom stereocenters. The van der Waals surface area contributed by atoms with Crippen LogP contribution in [-0.4, -0.2) is 38.9 Å². The van der Waals surface area contributed by atoms with Crippen LogP contribution in [0.3, 0.4) is 0 Å². The summed E-state index contributed by atoms with van der Waals surface area (Å²) >= 11 is 0. The summed E-state index contributed by atoms with van der Waals surface area (Å²) in [4.78, 5) is 11.4. The van der Waals surface area contributed by atoms with Crippen LogP contribution in [0.5, 0.6) is 0 Å². The lowest BCUT2D eigenvalue weighted by Crippen LogP contribution is -2.31. The van der Waals surface area contributed by atoms with Crippen molar-refractivity contribution in [3.05, 3.63) is 29.8 Å². The second-order valence-electron chi connectivity index (χ2n) is 4.86. The molecule has 0 saturated carbocycles. The Morgan fingerprint density at radius 3 is 2.65 bits per heavy atom. The number of benzene rings is 1. The molecule has 1 heterocycles. The van der Waals surface area contributed by atoms with Crippen LogP contribution < -0.4 is 5.73 Å². The standard InChI is InChI=1S/C13H18N2O4S/c1-19-13(16)11-6-7-15(8-11)20(17,18)9-10-2-4-12(14)5-3-10/h2-5,11H,6-9,14H2,1H3. The van der Waals surface area contributed by atoms with E-state index in [1.807, 2.05) is 0 Å². The number of methoxy groups -OCH3 is 1. The third kappa shape index (κ3) is 3.29. The molecule has 1 unspecified atom stereocenters. The Bertz CT molecular complexity index is 583. The predicted octanol–water partition coefficient (Wildman–Crippen LogP) is 0.593. The van der Waals surface area contributed by atoms with Gasteiger partial charge in [-0.2, -0.15) is 0 Å². The Labute approximate surface area is 118 Å². The van der Waals surface area contributed by atoms with E-state index in [2.05, 4.69) is 4.74 Å². The molecule has 0 amide bonds. The number of sulfonamides is 1. The number of nitrogens with zero attached hydrogens (tertiary/aromatic N) is 1. The van der Waals surface area contributed by atoms with Gasteiger partial charge in [0, 0.05) is 18.8 Å². The minimum Gasteiger partial charge on any atom is -0.469 e. The monoisotopic (exact) mass is 298 g/mol. The first kappa shape index (κ1) is 14.8. The number of esters is 1. The molecule has 0 spiro atoms. The molecule has 2 rings (SSSR count). The molecule has 110 valence electrons. The fraction of sp³-hybridized carbons (Fsp3) is 0.462. The van der Waals surface area contributed by atoms with Crippen molar-refractivity contribution in [2.45, 2.75) is 12.2 Å². The first-order chi connectivity index (χ1) is 9.42. The molecule has 1 saturated heterocycles. The molecule has 2 N–H and O–H groups in total. The third-order valence-electron chi connectivity index (χ3n) is 3.41. The fourth-order valence-corrected chi connectivity index (χ4v) is 3.84. The van der Waals surface area contributed by atoms with Crippen LogP contribution in [0.25, 0.3) is 0 Å². The van der Waals surface area contributed by atoms with E-state index in [1.54, 1.807) is 24.3 Å². The predicted molar refractivity (Wildman–Crippen MR) is 75.2 cm³/mol. The number of nitrogens with two attached hydrogens (primary N) is 1. The normalized spacial score (nSPS) is 19.9. The topological polar surface area (TPSA) is 89.7 Å². The van der Waals surface area contributed by atoms with Gasteiger partial charge in [-0.25, -0.2) is 12.7 Å². The van der Waals surface area contributed by atoms with Gasteiger partial charge in [-0.15, -0.1) is 0 Å². The number of carbonyl (C=O) groups excluding carboxylic acids is 1. The van der Waals surface area contributed by atoms with E-state index in [-0.39, 0.29) is 24.2 Å². The van der Waals surface area contributed by atoms with Crippen molar-refractivity contribution in [1.82, 2.24) is 4.31 Å². The SMILES string of the molecule is COC(=O)C1CCN(S(=O)(=O)Cc2ccc(N)cc2)C1. The highest BCUT2D eigenvalue weighted by Gasteiger charge is 2.35. The highest BCUT2D eigenvalue weighted by Crippen LogP contribution is 2.23. The number of ether oxygens (including phenoxy) is 1. The molecule has 0 radical (unpaired) electrons. The van der Waals surface area contributed by atoms with Crippen molar-refractivity contribution in [2.24, 2.45) is 5.92 Å². The maximum absolute atomic E-state index is 12.3. The van der Waals surface area contributed by atoms with Crippen LogP contribution in [0.15, 0.2) is 24.3 Å². The largest absolute Gasteiger partial charge is 0.469 e. The Kier molecular flexibility index (Phi) is 4.29. The fourth-order valence-electron chi connectivity index (χ4n) is 2.26. The van der Waals surface area contributed by atoms with E-state index >= 15 is 0 Å². The van der Waals surface area contributed by atoms with Gasteiger partial charge < -0.3 is 10.5 Å². The molecule has 1 aromatic rings. The van der Waals surface area contributed by atoms with Gasteiger partial charge in [0.05, 0.1) is 18.8 Å². The number of anilines is 1. The van der Waals surface area contributed by atoms with E-state index in [1.165, 1.54) is 11.4 Å². The molecule has 20 heavy (non-hydrogen) atoms. The lowest BCUT2D eigenvalue weighted by Gasteiger charge is -2.16. The van der Waals surface area contributed by atoms with Crippen LogP contribution in [0.4, 0.5) is 5.69 Å². The van der Waals surface area contributed by atoms with Gasteiger partial charge in [-0.3, -0.25) is 4.79 Å². The lowest BCUT2D eigenvalue weighted by atomic mass is 10.1. The highest BCUT2D eigenvalue weighted by atomic mass is 32.2. The van der Waals surface area contributed by atoms with Gasteiger partial charge >= 0.3 is 5.97 Å². The average molecular weight is 298 g/mol. The molecule has 6 nitrogen and oxygen atoms in total. The molecule has 1 aliphatic rings. The maximum Gasteiger partial charge on any atom is 0.310 e. The van der Waals surface area contributed by atoms with E-state index < -0.39 is 10.0 Å². The minimum absolute atomic E-state index is 0.0822. The second kappa shape index (κ2) is 5.80. The van der Waals surface area contributed by atoms with E-state index in [0.717, 1.165) is 0 Å². The van der Waals surface area contributed by atoms with Gasteiger partial charge in [0.25, 0.3) is 0 Å². The summed E-state index contributed by atoms with van der Waals surface area (Å²) in [7, 11) is -2.10. The molecule has 7 heteroatoms. The number of hydrogen-bond donors (Lipinski definition) is 1. The number of nitrogen functional groups attached to an aromatic ring is 1. The van der Waals surface area contributed by atoms with Crippen molar-refractivity contribution in [3.63, 3.8) is 0 Å². The Hall–Kier alpha value is -1.60. The first-order valence-electron chi connectivity index (χ1n) is 6.32. The quantitative estimate of drug-likeness (QED) is 0.649. The van der Waals surface area contributed by atoms with Crippen LogP contribution >= 0.6 is 0 Å². The molecule has 1 aliphatic heterocycles. The van der Waals surface area contributed by atoms with Gasteiger partial charge in [0.1, 0.15) is 0 Å². The maximum atomic E-state index is 12.3. The summed E-state index contributed by atoms with van der Waals surface area (Å²) in [5, 5.41) is 0.